The van der Waals surface area contributed by atoms with E-state index in [9.17, 15) is 4.79 Å². The first-order valence-electron chi connectivity index (χ1n) is 15.7. The van der Waals surface area contributed by atoms with Crippen LogP contribution in [0.5, 0.6) is 5.75 Å². The Morgan fingerprint density at radius 1 is 0.854 bits per heavy atom. The van der Waals surface area contributed by atoms with E-state index >= 15 is 0 Å². The van der Waals surface area contributed by atoms with Gasteiger partial charge in [-0.25, -0.2) is 0 Å². The van der Waals surface area contributed by atoms with Crippen molar-refractivity contribution >= 4 is 34.5 Å². The molecule has 224 valence electrons. The Balaban J connectivity index is 1.44. The molecule has 2 aromatic carbocycles. The van der Waals surface area contributed by atoms with Crippen LogP contribution in [0.3, 0.4) is 0 Å². The average molecular weight is 598 g/mol. The molecule has 0 aliphatic carbocycles. The van der Waals surface area contributed by atoms with Gasteiger partial charge in [0.15, 0.2) is 12.7 Å². The van der Waals surface area contributed by atoms with Crippen LogP contribution < -0.4 is 14.2 Å². The van der Waals surface area contributed by atoms with E-state index in [4.69, 9.17) is 16.3 Å². The molecule has 0 saturated carbocycles. The monoisotopic (exact) mass is 597 g/mol. The van der Waals surface area contributed by atoms with Gasteiger partial charge in [0.2, 0.25) is 11.4 Å². The number of amides is 1. The van der Waals surface area contributed by atoms with Gasteiger partial charge in [-0.05, 0) is 43.2 Å². The molecule has 3 rings (SSSR count). The Bertz CT molecular complexity index is 1160. The van der Waals surface area contributed by atoms with Gasteiger partial charge in [-0.1, -0.05) is 126 Å². The Hall–Kier alpha value is -2.37. The van der Waals surface area contributed by atoms with Gasteiger partial charge in [-0.3, -0.25) is 4.79 Å². The van der Waals surface area contributed by atoms with E-state index in [0.717, 1.165) is 24.2 Å². The van der Waals surface area contributed by atoms with Crippen LogP contribution in [0, 0.1) is 6.92 Å². The zero-order valence-corrected chi connectivity index (χ0v) is 27.1. The highest BCUT2D eigenvalue weighted by atomic mass is 35.5. The normalized spacial score (nSPS) is 11.1. The molecule has 0 fully saturated rings. The van der Waals surface area contributed by atoms with Crippen molar-refractivity contribution in [3.63, 3.8) is 0 Å². The highest BCUT2D eigenvalue weighted by Gasteiger charge is 2.16. The van der Waals surface area contributed by atoms with Gasteiger partial charge < -0.3 is 9.64 Å². The van der Waals surface area contributed by atoms with Crippen molar-refractivity contribution in [3.8, 4) is 5.75 Å². The van der Waals surface area contributed by atoms with E-state index in [2.05, 4.69) is 42.3 Å². The molecule has 1 aromatic heterocycles. The number of aromatic nitrogens is 1. The minimum Gasteiger partial charge on any atom is -0.492 e. The summed E-state index contributed by atoms with van der Waals surface area (Å²) < 4.78 is 8.27. The first-order chi connectivity index (χ1) is 20.0. The van der Waals surface area contributed by atoms with Crippen molar-refractivity contribution < 1.29 is 14.1 Å². The lowest BCUT2D eigenvalue weighted by molar-refractivity contribution is -0.683. The summed E-state index contributed by atoms with van der Waals surface area (Å²) in [6, 6.07) is 14.2. The van der Waals surface area contributed by atoms with E-state index in [0.29, 0.717) is 30.3 Å². The van der Waals surface area contributed by atoms with Crippen LogP contribution in [-0.4, -0.2) is 12.5 Å². The lowest BCUT2D eigenvalue weighted by Crippen LogP contribution is -2.31. The first-order valence-corrected chi connectivity index (χ1v) is 17.0. The molecule has 1 amide bonds. The molecule has 0 unspecified atom stereocenters. The van der Waals surface area contributed by atoms with Gasteiger partial charge in [-0.2, -0.15) is 4.57 Å². The Labute approximate surface area is 257 Å². The van der Waals surface area contributed by atoms with E-state index in [-0.39, 0.29) is 5.91 Å². The molecule has 6 heteroatoms. The minimum atomic E-state index is 0.0921. The fourth-order valence-corrected chi connectivity index (χ4v) is 5.90. The number of thiazole rings is 1. The molecule has 0 spiro atoms. The molecular formula is C35H50ClN2O2S+. The second kappa shape index (κ2) is 18.9. The number of hydrogen-bond acceptors (Lipinski definition) is 3. The van der Waals surface area contributed by atoms with Crippen LogP contribution in [0.15, 0.2) is 54.2 Å². The van der Waals surface area contributed by atoms with Crippen molar-refractivity contribution in [3.05, 3.63) is 75.2 Å². The van der Waals surface area contributed by atoms with Crippen molar-refractivity contribution in [1.29, 1.82) is 0 Å². The molecule has 0 saturated heterocycles. The van der Waals surface area contributed by atoms with Crippen LogP contribution in [0.25, 0.3) is 0 Å². The lowest BCUT2D eigenvalue weighted by Gasteiger charge is -2.23. The van der Waals surface area contributed by atoms with Crippen molar-refractivity contribution in [1.82, 2.24) is 0 Å². The number of rotatable bonds is 20. The summed E-state index contributed by atoms with van der Waals surface area (Å²) >= 11 is 8.21. The van der Waals surface area contributed by atoms with Crippen molar-refractivity contribution in [2.75, 3.05) is 11.5 Å². The third kappa shape index (κ3) is 12.2. The number of nitrogens with zero attached hydrogens (tertiary/aromatic N) is 2. The number of halogens is 1. The molecule has 0 aliphatic heterocycles. The summed E-state index contributed by atoms with van der Waals surface area (Å²) in [6.07, 6.45) is 18.5. The van der Waals surface area contributed by atoms with E-state index in [1.165, 1.54) is 81.1 Å². The summed E-state index contributed by atoms with van der Waals surface area (Å²) in [6.45, 7) is 8.27. The van der Waals surface area contributed by atoms with E-state index in [1.807, 2.05) is 42.2 Å². The number of carbonyl (C=O) groups is 1. The van der Waals surface area contributed by atoms with Crippen LogP contribution in [0.2, 0.25) is 5.02 Å². The number of unbranched alkanes of at least 4 members (excludes halogenated alkanes) is 11. The summed E-state index contributed by atoms with van der Waals surface area (Å²) in [5.74, 6) is 0.795. The topological polar surface area (TPSA) is 33.4 Å². The predicted octanol–water partition coefficient (Wildman–Crippen LogP) is 10.1. The van der Waals surface area contributed by atoms with Crippen LogP contribution in [0.1, 0.15) is 113 Å². The average Bonchev–Trinajstić information content (AvgIpc) is 3.39. The Morgan fingerprint density at radius 2 is 1.46 bits per heavy atom. The van der Waals surface area contributed by atoms with Crippen LogP contribution in [0.4, 0.5) is 5.69 Å². The largest absolute Gasteiger partial charge is 0.492 e. The smallest absolute Gasteiger partial charge is 0.227 e. The quantitative estimate of drug-likeness (QED) is 0.0958. The summed E-state index contributed by atoms with van der Waals surface area (Å²) in [4.78, 5) is 16.1. The summed E-state index contributed by atoms with van der Waals surface area (Å²) in [5.41, 5.74) is 5.25. The number of aryl methyl sites for hydroxylation is 1. The molecule has 41 heavy (non-hydrogen) atoms. The maximum Gasteiger partial charge on any atom is 0.227 e. The van der Waals surface area contributed by atoms with Gasteiger partial charge >= 0.3 is 0 Å². The van der Waals surface area contributed by atoms with Gasteiger partial charge in [0.25, 0.3) is 0 Å². The van der Waals surface area contributed by atoms with Gasteiger partial charge in [0, 0.05) is 17.7 Å². The second-order valence-electron chi connectivity index (χ2n) is 11.1. The van der Waals surface area contributed by atoms with Crippen molar-refractivity contribution in [2.24, 2.45) is 0 Å². The molecular weight excluding hydrogens is 548 g/mol. The van der Waals surface area contributed by atoms with E-state index in [1.54, 1.807) is 11.3 Å². The molecule has 0 bridgehead atoms. The Morgan fingerprint density at radius 3 is 2.05 bits per heavy atom. The molecule has 4 nitrogen and oxygen atoms in total. The number of carbonyl (C=O) groups excluding carboxylic acids is 1. The lowest BCUT2D eigenvalue weighted by atomic mass is 10.1. The van der Waals surface area contributed by atoms with Crippen molar-refractivity contribution in [2.45, 2.75) is 117 Å². The SMILES string of the molecule is CCCCCCCCCCCCCCOc1cc(CN(C(=O)CC)c2ccc(C[n+]3csc(C)c3)cc2)ccc1Cl. The van der Waals surface area contributed by atoms with Crippen LogP contribution in [-0.2, 0) is 17.9 Å². The maximum absolute atomic E-state index is 12.9. The molecule has 3 aromatic rings. The molecule has 0 N–H and O–H groups in total. The highest BCUT2D eigenvalue weighted by Crippen LogP contribution is 2.28. The van der Waals surface area contributed by atoms with Crippen LogP contribution >= 0.6 is 22.9 Å². The van der Waals surface area contributed by atoms with Gasteiger partial charge in [0.05, 0.1) is 23.1 Å². The molecule has 1 heterocycles. The molecule has 0 atom stereocenters. The minimum absolute atomic E-state index is 0.0921. The number of hydrogen-bond donors (Lipinski definition) is 0. The molecule has 0 aliphatic rings. The van der Waals surface area contributed by atoms with Gasteiger partial charge in [0.1, 0.15) is 5.75 Å². The van der Waals surface area contributed by atoms with E-state index < -0.39 is 0 Å². The maximum atomic E-state index is 12.9. The Kier molecular flexibility index (Phi) is 15.3. The predicted molar refractivity (Wildman–Crippen MR) is 174 cm³/mol. The van der Waals surface area contributed by atoms with Gasteiger partial charge in [-0.15, -0.1) is 0 Å². The number of benzene rings is 2. The summed E-state index contributed by atoms with van der Waals surface area (Å²) in [7, 11) is 0. The zero-order valence-electron chi connectivity index (χ0n) is 25.5. The highest BCUT2D eigenvalue weighted by molar-refractivity contribution is 7.09. The zero-order chi connectivity index (χ0) is 29.3. The number of ether oxygens (including phenoxy) is 1. The molecule has 0 radical (unpaired) electrons. The first kappa shape index (κ1) is 33.1. The number of anilines is 1. The third-order valence-corrected chi connectivity index (χ3v) is 8.70. The third-order valence-electron chi connectivity index (χ3n) is 7.53. The fourth-order valence-electron chi connectivity index (χ4n) is 5.10. The fraction of sp³-hybridized carbons (Fsp3) is 0.543. The second-order valence-corrected chi connectivity index (χ2v) is 12.6. The standard InChI is InChI=1S/C35H50ClN2O2S/c1-4-6-7-8-9-10-11-12-13-14-15-16-23-40-34-24-31(19-22-33(34)36)27-38(35(39)5-2)32-20-17-30(18-21-32)26-37-25-29(3)41-28-37/h17-22,24-25,28H,4-16,23,26-27H2,1-3H3/q+1. The summed E-state index contributed by atoms with van der Waals surface area (Å²) in [5, 5.41) is 0.617.